The van der Waals surface area contributed by atoms with Crippen molar-refractivity contribution < 1.29 is 9.47 Å². The van der Waals surface area contributed by atoms with Gasteiger partial charge in [-0.1, -0.05) is 0 Å². The summed E-state index contributed by atoms with van der Waals surface area (Å²) in [6.07, 6.45) is 1.35. The largest absolute Gasteiger partial charge is 0.379 e. The maximum absolute atomic E-state index is 5.41. The van der Waals surface area contributed by atoms with Gasteiger partial charge >= 0.3 is 0 Å². The highest BCUT2D eigenvalue weighted by atomic mass is 16.5. The minimum Gasteiger partial charge on any atom is -0.379 e. The summed E-state index contributed by atoms with van der Waals surface area (Å²) in [5, 5.41) is 3.33. The monoisotopic (exact) mass is 203 g/mol. The molecule has 0 aromatic rings. The van der Waals surface area contributed by atoms with E-state index in [0.717, 1.165) is 26.1 Å². The van der Waals surface area contributed by atoms with Gasteiger partial charge in [0.2, 0.25) is 0 Å². The first kappa shape index (κ1) is 13.9. The van der Waals surface area contributed by atoms with Crippen molar-refractivity contribution in [2.75, 3.05) is 26.8 Å². The highest BCUT2D eigenvalue weighted by molar-refractivity contribution is 4.68. The summed E-state index contributed by atoms with van der Waals surface area (Å²) < 4.78 is 10.7. The standard InChI is InChI=1S/C11H25NO2/c1-10(2)14-9-8-12-7-6-11(3,4)13-5/h10,12H,6-9H2,1-5H3. The molecule has 0 atom stereocenters. The Balaban J connectivity index is 3.21. The summed E-state index contributed by atoms with van der Waals surface area (Å²) in [4.78, 5) is 0. The van der Waals surface area contributed by atoms with E-state index in [1.165, 1.54) is 0 Å². The van der Waals surface area contributed by atoms with Crippen LogP contribution in [0.1, 0.15) is 34.1 Å². The van der Waals surface area contributed by atoms with Gasteiger partial charge in [-0.05, 0) is 40.7 Å². The first-order valence-corrected chi connectivity index (χ1v) is 5.35. The van der Waals surface area contributed by atoms with E-state index in [0.29, 0.717) is 6.10 Å². The summed E-state index contributed by atoms with van der Waals surface area (Å²) in [6.45, 7) is 11.0. The Morgan fingerprint density at radius 2 is 1.86 bits per heavy atom. The third kappa shape index (κ3) is 8.48. The SMILES string of the molecule is COC(C)(C)CCNCCOC(C)C. The molecule has 0 fully saturated rings. The number of methoxy groups -OCH3 is 1. The smallest absolute Gasteiger partial charge is 0.0634 e. The molecule has 0 aliphatic heterocycles. The summed E-state index contributed by atoms with van der Waals surface area (Å²) in [7, 11) is 1.75. The molecule has 14 heavy (non-hydrogen) atoms. The van der Waals surface area contributed by atoms with Crippen LogP contribution in [0.4, 0.5) is 0 Å². The Labute approximate surface area is 88.2 Å². The molecule has 0 bridgehead atoms. The molecule has 0 rings (SSSR count). The van der Waals surface area contributed by atoms with Crippen molar-refractivity contribution >= 4 is 0 Å². The van der Waals surface area contributed by atoms with Crippen molar-refractivity contribution in [3.63, 3.8) is 0 Å². The lowest BCUT2D eigenvalue weighted by atomic mass is 10.1. The van der Waals surface area contributed by atoms with Crippen molar-refractivity contribution in [3.8, 4) is 0 Å². The van der Waals surface area contributed by atoms with Gasteiger partial charge < -0.3 is 14.8 Å². The third-order valence-electron chi connectivity index (χ3n) is 2.19. The fourth-order valence-electron chi connectivity index (χ4n) is 0.983. The molecule has 0 saturated heterocycles. The van der Waals surface area contributed by atoms with Gasteiger partial charge in [-0.25, -0.2) is 0 Å². The van der Waals surface area contributed by atoms with Crippen LogP contribution in [0.2, 0.25) is 0 Å². The average Bonchev–Trinajstić information content (AvgIpc) is 2.10. The molecule has 0 radical (unpaired) electrons. The summed E-state index contributed by atoms with van der Waals surface area (Å²) in [5.74, 6) is 0. The lowest BCUT2D eigenvalue weighted by Gasteiger charge is -2.22. The van der Waals surface area contributed by atoms with Gasteiger partial charge in [-0.3, -0.25) is 0 Å². The zero-order valence-electron chi connectivity index (χ0n) is 10.2. The first-order chi connectivity index (χ1) is 6.48. The van der Waals surface area contributed by atoms with Gasteiger partial charge in [-0.15, -0.1) is 0 Å². The Hall–Kier alpha value is -0.120. The summed E-state index contributed by atoms with van der Waals surface area (Å²) in [5.41, 5.74) is -0.0219. The maximum Gasteiger partial charge on any atom is 0.0634 e. The minimum atomic E-state index is -0.0219. The molecular weight excluding hydrogens is 178 g/mol. The van der Waals surface area contributed by atoms with E-state index in [1.807, 2.05) is 13.8 Å². The van der Waals surface area contributed by atoms with Crippen molar-refractivity contribution in [2.24, 2.45) is 0 Å². The van der Waals surface area contributed by atoms with Crippen LogP contribution < -0.4 is 5.32 Å². The highest BCUT2D eigenvalue weighted by Gasteiger charge is 2.14. The van der Waals surface area contributed by atoms with E-state index >= 15 is 0 Å². The van der Waals surface area contributed by atoms with Crippen LogP contribution in [-0.2, 0) is 9.47 Å². The van der Waals surface area contributed by atoms with E-state index < -0.39 is 0 Å². The van der Waals surface area contributed by atoms with E-state index in [4.69, 9.17) is 9.47 Å². The predicted molar refractivity (Wildman–Crippen MR) is 59.7 cm³/mol. The second-order valence-corrected chi connectivity index (χ2v) is 4.38. The lowest BCUT2D eigenvalue weighted by molar-refractivity contribution is 0.0150. The van der Waals surface area contributed by atoms with E-state index in [2.05, 4.69) is 19.2 Å². The van der Waals surface area contributed by atoms with E-state index in [1.54, 1.807) is 7.11 Å². The highest BCUT2D eigenvalue weighted by Crippen LogP contribution is 2.10. The number of hydrogen-bond donors (Lipinski definition) is 1. The second kappa shape index (κ2) is 7.21. The molecule has 3 heteroatoms. The molecule has 0 unspecified atom stereocenters. The van der Waals surface area contributed by atoms with Gasteiger partial charge in [-0.2, -0.15) is 0 Å². The number of ether oxygens (including phenoxy) is 2. The Morgan fingerprint density at radius 1 is 1.21 bits per heavy atom. The topological polar surface area (TPSA) is 30.5 Å². The van der Waals surface area contributed by atoms with E-state index in [-0.39, 0.29) is 5.60 Å². The number of nitrogens with one attached hydrogen (secondary N) is 1. The molecular formula is C11H25NO2. The zero-order chi connectivity index (χ0) is 11.0. The average molecular weight is 203 g/mol. The molecule has 0 aromatic heterocycles. The van der Waals surface area contributed by atoms with Gasteiger partial charge in [0.15, 0.2) is 0 Å². The van der Waals surface area contributed by atoms with Gasteiger partial charge in [0.25, 0.3) is 0 Å². The second-order valence-electron chi connectivity index (χ2n) is 4.38. The van der Waals surface area contributed by atoms with E-state index in [9.17, 15) is 0 Å². The molecule has 0 saturated carbocycles. The number of hydrogen-bond acceptors (Lipinski definition) is 3. The van der Waals surface area contributed by atoms with Crippen LogP contribution in [0.15, 0.2) is 0 Å². The Morgan fingerprint density at radius 3 is 2.36 bits per heavy atom. The maximum atomic E-state index is 5.41. The van der Waals surface area contributed by atoms with Gasteiger partial charge in [0.1, 0.15) is 0 Å². The summed E-state index contributed by atoms with van der Waals surface area (Å²) >= 11 is 0. The molecule has 3 nitrogen and oxygen atoms in total. The fraction of sp³-hybridized carbons (Fsp3) is 1.00. The van der Waals surface area contributed by atoms with Crippen molar-refractivity contribution in [2.45, 2.75) is 45.8 Å². The summed E-state index contributed by atoms with van der Waals surface area (Å²) in [6, 6.07) is 0. The van der Waals surface area contributed by atoms with Crippen molar-refractivity contribution in [3.05, 3.63) is 0 Å². The zero-order valence-corrected chi connectivity index (χ0v) is 10.2. The van der Waals surface area contributed by atoms with Crippen molar-refractivity contribution in [1.82, 2.24) is 5.32 Å². The number of rotatable bonds is 8. The molecule has 0 amide bonds. The van der Waals surface area contributed by atoms with Crippen LogP contribution in [0, 0.1) is 0 Å². The minimum absolute atomic E-state index is 0.0219. The normalized spacial score (nSPS) is 12.4. The molecule has 0 heterocycles. The van der Waals surface area contributed by atoms with Crippen LogP contribution in [-0.4, -0.2) is 38.5 Å². The lowest BCUT2D eigenvalue weighted by Crippen LogP contribution is -2.30. The predicted octanol–water partition coefficient (Wildman–Crippen LogP) is 1.82. The molecule has 0 aliphatic carbocycles. The van der Waals surface area contributed by atoms with Gasteiger partial charge in [0.05, 0.1) is 18.3 Å². The fourth-order valence-corrected chi connectivity index (χ4v) is 0.983. The molecule has 1 N–H and O–H groups in total. The molecule has 0 spiro atoms. The van der Waals surface area contributed by atoms with Crippen LogP contribution in [0.5, 0.6) is 0 Å². The molecule has 0 aliphatic rings. The Kier molecular flexibility index (Phi) is 7.15. The van der Waals surface area contributed by atoms with Gasteiger partial charge in [0, 0.05) is 13.7 Å². The van der Waals surface area contributed by atoms with Crippen LogP contribution >= 0.6 is 0 Å². The quantitative estimate of drug-likeness (QED) is 0.610. The molecule has 0 aromatic carbocycles. The van der Waals surface area contributed by atoms with Crippen molar-refractivity contribution in [1.29, 1.82) is 0 Å². The van der Waals surface area contributed by atoms with Crippen LogP contribution in [0.25, 0.3) is 0 Å². The van der Waals surface area contributed by atoms with Crippen LogP contribution in [0.3, 0.4) is 0 Å². The first-order valence-electron chi connectivity index (χ1n) is 5.35. The third-order valence-corrected chi connectivity index (χ3v) is 2.19. The molecule has 86 valence electrons. The Bertz CT molecular complexity index is 135.